The van der Waals surface area contributed by atoms with E-state index in [1.165, 1.54) is 231 Å². The Morgan fingerprint density at radius 3 is 1.03 bits per heavy atom. The van der Waals surface area contributed by atoms with E-state index in [2.05, 4.69) is 79.9 Å². The van der Waals surface area contributed by atoms with Crippen LogP contribution in [-0.4, -0.2) is 193 Å². The van der Waals surface area contributed by atoms with Crippen LogP contribution in [0.2, 0.25) is 0 Å². The third kappa shape index (κ3) is 45.4. The lowest BCUT2D eigenvalue weighted by molar-refractivity contribution is -0.379. The molecule has 105 heavy (non-hydrogen) atoms. The van der Waals surface area contributed by atoms with Crippen molar-refractivity contribution in [1.82, 2.24) is 5.32 Å². The van der Waals surface area contributed by atoms with Gasteiger partial charge >= 0.3 is 0 Å². The van der Waals surface area contributed by atoms with Gasteiger partial charge in [-0.2, -0.15) is 0 Å². The molecule has 0 saturated carbocycles. The van der Waals surface area contributed by atoms with Crippen LogP contribution >= 0.6 is 0 Å². The molecule has 0 bridgehead atoms. The molecule has 17 atom stereocenters. The summed E-state index contributed by atoms with van der Waals surface area (Å²) in [6.45, 7) is 1.67. The van der Waals surface area contributed by atoms with E-state index in [0.717, 1.165) is 77.0 Å². The minimum atomic E-state index is -1.98. The number of carbonyl (C=O) groups excluding carboxylic acids is 1. The number of amides is 1. The van der Waals surface area contributed by atoms with Crippen LogP contribution in [-0.2, 0) is 33.2 Å². The van der Waals surface area contributed by atoms with Crippen LogP contribution in [0.4, 0.5) is 0 Å². The number of rotatable bonds is 68. The molecule has 0 aromatic heterocycles. The number of allylic oxidation sites excluding steroid dienone is 11. The Morgan fingerprint density at radius 1 is 0.352 bits per heavy atom. The van der Waals surface area contributed by atoms with Crippen LogP contribution < -0.4 is 5.32 Å². The van der Waals surface area contributed by atoms with Crippen LogP contribution in [0, 0.1) is 0 Å². The van der Waals surface area contributed by atoms with Crippen molar-refractivity contribution in [2.45, 2.75) is 439 Å². The Labute approximate surface area is 636 Å². The first-order valence-corrected chi connectivity index (χ1v) is 42.7. The molecule has 0 radical (unpaired) electrons. The summed E-state index contributed by atoms with van der Waals surface area (Å²) in [5.74, 6) is -0.271. The summed E-state index contributed by atoms with van der Waals surface area (Å²) in [5.41, 5.74) is 0. The fourth-order valence-electron chi connectivity index (χ4n) is 14.2. The summed E-state index contributed by atoms with van der Waals surface area (Å²) >= 11 is 0. The number of carbonyl (C=O) groups is 1. The molecule has 3 saturated heterocycles. The summed E-state index contributed by atoms with van der Waals surface area (Å²) in [7, 11) is 0. The van der Waals surface area contributed by atoms with Gasteiger partial charge in [-0.15, -0.1) is 0 Å². The standard InChI is InChI=1S/C86H155NO18/c1-3-5-7-9-11-13-15-17-19-21-23-25-27-29-30-31-32-33-34-35-36-37-38-40-42-44-46-48-50-52-54-56-58-60-62-64-74(92)87-69(70(91)63-61-59-57-55-53-51-49-47-45-43-41-39-28-26-24-22-20-18-16-14-12-10-8-6-4-2)68-100-84-80(98)77(95)82(72(66-89)102-84)105-86-81(99)78(96)83(73(67-90)103-86)104-85-79(97)76(94)75(93)71(65-88)101-85/h5,7,11,13,17,19,23,25,29-30,61,63,69-73,75-86,88-91,93-99H,3-4,6,8-10,12,14-16,18,20-22,24,26-28,31-60,62,64-68H2,1-2H3,(H,87,92)/b7-5-,13-11-,19-17-,25-23-,30-29-,63-61+. The van der Waals surface area contributed by atoms with Crippen molar-refractivity contribution < 1.29 is 89.4 Å². The minimum Gasteiger partial charge on any atom is -0.394 e. The third-order valence-electron chi connectivity index (χ3n) is 21.0. The van der Waals surface area contributed by atoms with Crippen molar-refractivity contribution in [1.29, 1.82) is 0 Å². The molecule has 3 heterocycles. The van der Waals surface area contributed by atoms with Gasteiger partial charge in [-0.25, -0.2) is 0 Å². The highest BCUT2D eigenvalue weighted by molar-refractivity contribution is 5.76. The number of unbranched alkanes of at least 4 members (excludes halogenated alkanes) is 42. The molecule has 3 fully saturated rings. The molecular formula is C86H155NO18. The zero-order valence-electron chi connectivity index (χ0n) is 65.7. The molecule has 1 amide bonds. The first kappa shape index (κ1) is 96.4. The second-order valence-electron chi connectivity index (χ2n) is 30.3. The first-order valence-electron chi connectivity index (χ1n) is 42.7. The lowest BCUT2D eigenvalue weighted by Gasteiger charge is -2.48. The minimum absolute atomic E-state index is 0.244. The first-order chi connectivity index (χ1) is 51.3. The largest absolute Gasteiger partial charge is 0.394 e. The van der Waals surface area contributed by atoms with E-state index in [9.17, 15) is 61.0 Å². The van der Waals surface area contributed by atoms with E-state index in [-0.39, 0.29) is 18.9 Å². The lowest BCUT2D eigenvalue weighted by atomic mass is 9.96. The maximum Gasteiger partial charge on any atom is 0.220 e. The van der Waals surface area contributed by atoms with E-state index < -0.39 is 124 Å². The second kappa shape index (κ2) is 65.9. The van der Waals surface area contributed by atoms with Gasteiger partial charge in [0.1, 0.15) is 73.2 Å². The van der Waals surface area contributed by atoms with Gasteiger partial charge in [0, 0.05) is 6.42 Å². The van der Waals surface area contributed by atoms with Gasteiger partial charge in [0.2, 0.25) is 5.91 Å². The zero-order valence-corrected chi connectivity index (χ0v) is 65.7. The molecule has 3 aliphatic heterocycles. The Bertz CT molecular complexity index is 2180. The maximum absolute atomic E-state index is 13.5. The van der Waals surface area contributed by atoms with Crippen molar-refractivity contribution >= 4 is 5.91 Å². The van der Waals surface area contributed by atoms with Gasteiger partial charge in [0.25, 0.3) is 0 Å². The molecule has 19 heteroatoms. The van der Waals surface area contributed by atoms with Gasteiger partial charge in [-0.05, 0) is 64.2 Å². The fraction of sp³-hybridized carbons (Fsp3) is 0.849. The van der Waals surface area contributed by atoms with Gasteiger partial charge in [-0.1, -0.05) is 337 Å². The molecule has 12 N–H and O–H groups in total. The van der Waals surface area contributed by atoms with Gasteiger partial charge < -0.3 is 89.9 Å². The fourth-order valence-corrected chi connectivity index (χ4v) is 14.2. The average molecular weight is 1490 g/mol. The monoisotopic (exact) mass is 1490 g/mol. The SMILES string of the molecule is CC/C=C\C/C=C\C/C=C\C/C=C\C/C=C\CCCCCCCCCCCCCCCCCCCCCC(=O)NC(COC1OC(CO)C(OC2OC(CO)C(OC3OC(CO)C(O)C(O)C3O)C(O)C2O)C(O)C1O)C(O)/C=C/CCCCCCCCCCCCCCCCCCCCCCCCC. The van der Waals surface area contributed by atoms with E-state index >= 15 is 0 Å². The highest BCUT2D eigenvalue weighted by Gasteiger charge is 2.54. The van der Waals surface area contributed by atoms with Crippen molar-refractivity contribution in [2.75, 3.05) is 26.4 Å². The number of aliphatic hydroxyl groups is 11. The van der Waals surface area contributed by atoms with Gasteiger partial charge in [0.05, 0.1) is 38.6 Å². The Kier molecular flexibility index (Phi) is 60.5. The molecule has 612 valence electrons. The zero-order chi connectivity index (χ0) is 76.0. The van der Waals surface area contributed by atoms with E-state index in [1.54, 1.807) is 6.08 Å². The van der Waals surface area contributed by atoms with E-state index in [1.807, 2.05) is 6.08 Å². The van der Waals surface area contributed by atoms with Crippen molar-refractivity contribution in [3.8, 4) is 0 Å². The van der Waals surface area contributed by atoms with Crippen LogP contribution in [0.5, 0.6) is 0 Å². The average Bonchev–Trinajstić information content (AvgIpc) is 0.781. The van der Waals surface area contributed by atoms with Crippen molar-refractivity contribution in [2.24, 2.45) is 0 Å². The number of hydrogen-bond donors (Lipinski definition) is 12. The molecule has 17 unspecified atom stereocenters. The molecule has 3 rings (SSSR count). The molecule has 0 aromatic carbocycles. The Morgan fingerprint density at radius 2 is 0.657 bits per heavy atom. The number of nitrogens with one attached hydrogen (secondary N) is 1. The van der Waals surface area contributed by atoms with Crippen LogP contribution in [0.3, 0.4) is 0 Å². The number of aliphatic hydroxyl groups excluding tert-OH is 11. The Hall–Kier alpha value is -2.77. The topological polar surface area (TPSA) is 307 Å². The molecular weight excluding hydrogens is 1330 g/mol. The smallest absolute Gasteiger partial charge is 0.220 e. The highest BCUT2D eigenvalue weighted by Crippen LogP contribution is 2.33. The predicted octanol–water partition coefficient (Wildman–Crippen LogP) is 15.2. The molecule has 0 aromatic rings. The maximum atomic E-state index is 13.5. The van der Waals surface area contributed by atoms with Crippen LogP contribution in [0.25, 0.3) is 0 Å². The second-order valence-corrected chi connectivity index (χ2v) is 30.3. The van der Waals surface area contributed by atoms with Crippen molar-refractivity contribution in [3.05, 3.63) is 72.9 Å². The summed E-state index contributed by atoms with van der Waals surface area (Å²) in [6.07, 6.45) is 60.3. The number of ether oxygens (including phenoxy) is 6. The van der Waals surface area contributed by atoms with E-state index in [0.29, 0.717) is 6.42 Å². The summed E-state index contributed by atoms with van der Waals surface area (Å²) in [6, 6.07) is -0.976. The molecule has 19 nitrogen and oxygen atoms in total. The normalized spacial score (nSPS) is 26.1. The highest BCUT2D eigenvalue weighted by atomic mass is 16.8. The van der Waals surface area contributed by atoms with E-state index in [4.69, 9.17) is 28.4 Å². The van der Waals surface area contributed by atoms with Crippen molar-refractivity contribution in [3.63, 3.8) is 0 Å². The summed E-state index contributed by atoms with van der Waals surface area (Å²) in [4.78, 5) is 13.5. The lowest BCUT2D eigenvalue weighted by Crippen LogP contribution is -2.66. The quantitative estimate of drug-likeness (QED) is 0.0199. The molecule has 0 aliphatic carbocycles. The predicted molar refractivity (Wildman–Crippen MR) is 420 cm³/mol. The number of hydrogen-bond acceptors (Lipinski definition) is 18. The summed E-state index contributed by atoms with van der Waals surface area (Å²) < 4.78 is 34.5. The van der Waals surface area contributed by atoms with Gasteiger partial charge in [0.15, 0.2) is 18.9 Å². The summed E-state index contributed by atoms with van der Waals surface area (Å²) in [5, 5.41) is 121. The molecule has 0 spiro atoms. The van der Waals surface area contributed by atoms with Crippen LogP contribution in [0.1, 0.15) is 335 Å². The Balaban J connectivity index is 1.34. The third-order valence-corrected chi connectivity index (χ3v) is 21.0. The van der Waals surface area contributed by atoms with Crippen LogP contribution in [0.15, 0.2) is 72.9 Å². The van der Waals surface area contributed by atoms with Gasteiger partial charge in [-0.3, -0.25) is 4.79 Å². The molecule has 3 aliphatic rings.